The lowest BCUT2D eigenvalue weighted by molar-refractivity contribution is 0.316. The first-order valence-electron chi connectivity index (χ1n) is 6.63. The van der Waals surface area contributed by atoms with Crippen LogP contribution < -0.4 is 11.1 Å². The third-order valence-electron chi connectivity index (χ3n) is 3.25. The molecule has 20 heavy (non-hydrogen) atoms. The molecule has 0 saturated heterocycles. The fraction of sp³-hybridized carbons (Fsp3) is 0.200. The van der Waals surface area contributed by atoms with Gasteiger partial charge in [-0.25, -0.2) is 4.63 Å². The van der Waals surface area contributed by atoms with Gasteiger partial charge in [0, 0.05) is 6.54 Å². The molecular formula is C15H16N4O. The van der Waals surface area contributed by atoms with E-state index in [0.29, 0.717) is 16.7 Å². The van der Waals surface area contributed by atoms with Crippen molar-refractivity contribution in [2.75, 3.05) is 17.6 Å². The van der Waals surface area contributed by atoms with E-state index in [1.165, 1.54) is 5.56 Å². The van der Waals surface area contributed by atoms with Crippen LogP contribution >= 0.6 is 0 Å². The number of aryl methyl sites for hydroxylation is 1. The van der Waals surface area contributed by atoms with E-state index in [4.69, 9.17) is 10.4 Å². The van der Waals surface area contributed by atoms with E-state index in [0.717, 1.165) is 25.1 Å². The van der Waals surface area contributed by atoms with E-state index < -0.39 is 0 Å². The van der Waals surface area contributed by atoms with E-state index in [1.807, 2.05) is 18.2 Å². The summed E-state index contributed by atoms with van der Waals surface area (Å²) in [7, 11) is 0. The number of aromatic nitrogens is 2. The molecule has 1 heterocycles. The molecule has 0 aliphatic carbocycles. The van der Waals surface area contributed by atoms with Crippen molar-refractivity contribution in [2.45, 2.75) is 12.8 Å². The Hall–Kier alpha value is -2.56. The summed E-state index contributed by atoms with van der Waals surface area (Å²) >= 11 is 0. The smallest absolute Gasteiger partial charge is 0.160 e. The zero-order chi connectivity index (χ0) is 13.8. The maximum absolute atomic E-state index is 5.81. The number of nitrogens with zero attached hydrogens (tertiary/aromatic N) is 2. The highest BCUT2D eigenvalue weighted by molar-refractivity contribution is 5.94. The Kier molecular flexibility index (Phi) is 3.50. The summed E-state index contributed by atoms with van der Waals surface area (Å²) in [5.74, 6) is 0. The Morgan fingerprint density at radius 2 is 1.80 bits per heavy atom. The fourth-order valence-electron chi connectivity index (χ4n) is 2.19. The van der Waals surface area contributed by atoms with Crippen molar-refractivity contribution in [1.29, 1.82) is 0 Å². The Labute approximate surface area is 116 Å². The Morgan fingerprint density at radius 3 is 2.65 bits per heavy atom. The molecule has 1 aromatic heterocycles. The molecule has 5 nitrogen and oxygen atoms in total. The van der Waals surface area contributed by atoms with Gasteiger partial charge in [-0.2, -0.15) is 0 Å². The summed E-state index contributed by atoms with van der Waals surface area (Å²) < 4.78 is 4.74. The van der Waals surface area contributed by atoms with Crippen LogP contribution in [0.3, 0.4) is 0 Å². The number of hydrogen-bond donors (Lipinski definition) is 2. The van der Waals surface area contributed by atoms with Gasteiger partial charge in [0.25, 0.3) is 0 Å². The van der Waals surface area contributed by atoms with Gasteiger partial charge in [-0.1, -0.05) is 30.3 Å². The molecule has 0 amide bonds. The van der Waals surface area contributed by atoms with Crippen LogP contribution in [0.5, 0.6) is 0 Å². The van der Waals surface area contributed by atoms with Gasteiger partial charge >= 0.3 is 0 Å². The van der Waals surface area contributed by atoms with Gasteiger partial charge in [-0.05, 0) is 40.9 Å². The molecule has 0 radical (unpaired) electrons. The highest BCUT2D eigenvalue weighted by Crippen LogP contribution is 2.25. The van der Waals surface area contributed by atoms with Crippen molar-refractivity contribution in [3.63, 3.8) is 0 Å². The molecule has 0 atom stereocenters. The highest BCUT2D eigenvalue weighted by atomic mass is 16.6. The number of rotatable bonds is 5. The molecule has 0 unspecified atom stereocenters. The van der Waals surface area contributed by atoms with Crippen molar-refractivity contribution in [3.05, 3.63) is 48.0 Å². The summed E-state index contributed by atoms with van der Waals surface area (Å²) in [6.45, 7) is 0.862. The molecule has 0 saturated carbocycles. The summed E-state index contributed by atoms with van der Waals surface area (Å²) in [5, 5.41) is 11.0. The van der Waals surface area contributed by atoms with Crippen molar-refractivity contribution in [1.82, 2.24) is 10.3 Å². The second-order valence-electron chi connectivity index (χ2n) is 4.68. The van der Waals surface area contributed by atoms with Crippen LogP contribution in [0.2, 0.25) is 0 Å². The molecule has 0 aliphatic heterocycles. The summed E-state index contributed by atoms with van der Waals surface area (Å²) in [6.07, 6.45) is 2.09. The molecule has 5 heteroatoms. The van der Waals surface area contributed by atoms with Crippen molar-refractivity contribution in [2.24, 2.45) is 0 Å². The van der Waals surface area contributed by atoms with Gasteiger partial charge in [0.05, 0.1) is 11.4 Å². The van der Waals surface area contributed by atoms with Crippen molar-refractivity contribution >= 4 is 22.4 Å². The van der Waals surface area contributed by atoms with Crippen LogP contribution in [0.4, 0.5) is 11.4 Å². The molecule has 0 fully saturated rings. The van der Waals surface area contributed by atoms with E-state index in [-0.39, 0.29) is 0 Å². The lowest BCUT2D eigenvalue weighted by Crippen LogP contribution is -2.04. The molecule has 102 valence electrons. The van der Waals surface area contributed by atoms with E-state index in [1.54, 1.807) is 0 Å². The highest BCUT2D eigenvalue weighted by Gasteiger charge is 2.09. The average Bonchev–Trinajstić information content (AvgIpc) is 2.97. The van der Waals surface area contributed by atoms with Crippen molar-refractivity contribution in [3.8, 4) is 0 Å². The monoisotopic (exact) mass is 268 g/mol. The first kappa shape index (κ1) is 12.5. The first-order valence-corrected chi connectivity index (χ1v) is 6.63. The van der Waals surface area contributed by atoms with Crippen molar-refractivity contribution < 1.29 is 4.63 Å². The molecule has 0 spiro atoms. The van der Waals surface area contributed by atoms with Crippen LogP contribution in [0, 0.1) is 0 Å². The second kappa shape index (κ2) is 5.61. The number of hydrogen-bond acceptors (Lipinski definition) is 5. The SMILES string of the molecule is Nc1ccc(NCCCc2ccccc2)c2nonc12. The molecule has 3 aromatic rings. The van der Waals surface area contributed by atoms with Gasteiger partial charge < -0.3 is 11.1 Å². The average molecular weight is 268 g/mol. The number of anilines is 2. The topological polar surface area (TPSA) is 77.0 Å². The summed E-state index contributed by atoms with van der Waals surface area (Å²) in [6, 6.07) is 14.2. The minimum atomic E-state index is 0.580. The van der Waals surface area contributed by atoms with Gasteiger partial charge in [-0.3, -0.25) is 0 Å². The minimum absolute atomic E-state index is 0.580. The zero-order valence-corrected chi connectivity index (χ0v) is 11.0. The Bertz CT molecular complexity index is 693. The van der Waals surface area contributed by atoms with Crippen LogP contribution in [0.15, 0.2) is 47.1 Å². The molecule has 3 rings (SSSR count). The van der Waals surface area contributed by atoms with Gasteiger partial charge in [0.1, 0.15) is 0 Å². The van der Waals surface area contributed by atoms with Crippen LogP contribution in [-0.4, -0.2) is 16.9 Å². The Morgan fingerprint density at radius 1 is 1.00 bits per heavy atom. The van der Waals surface area contributed by atoms with Gasteiger partial charge in [-0.15, -0.1) is 0 Å². The molecular weight excluding hydrogens is 252 g/mol. The summed E-state index contributed by atoms with van der Waals surface area (Å²) in [5.41, 5.74) is 9.94. The summed E-state index contributed by atoms with van der Waals surface area (Å²) in [4.78, 5) is 0. The molecule has 0 aliphatic rings. The fourth-order valence-corrected chi connectivity index (χ4v) is 2.19. The largest absolute Gasteiger partial charge is 0.397 e. The van der Waals surface area contributed by atoms with Crippen LogP contribution in [-0.2, 0) is 6.42 Å². The number of fused-ring (bicyclic) bond motifs is 1. The quantitative estimate of drug-likeness (QED) is 0.549. The number of benzene rings is 2. The number of nitrogens with two attached hydrogens (primary N) is 1. The maximum atomic E-state index is 5.81. The zero-order valence-electron chi connectivity index (χ0n) is 11.0. The number of nitrogen functional groups attached to an aromatic ring is 1. The normalized spacial score (nSPS) is 10.8. The van der Waals surface area contributed by atoms with Gasteiger partial charge in [0.15, 0.2) is 11.0 Å². The van der Waals surface area contributed by atoms with E-state index >= 15 is 0 Å². The van der Waals surface area contributed by atoms with Crippen LogP contribution in [0.25, 0.3) is 11.0 Å². The lowest BCUT2D eigenvalue weighted by atomic mass is 10.1. The molecule has 2 aromatic carbocycles. The predicted molar refractivity (Wildman–Crippen MR) is 79.5 cm³/mol. The standard InChI is InChI=1S/C15H16N4O/c16-12-8-9-13(15-14(12)18-20-19-15)17-10-4-7-11-5-2-1-3-6-11/h1-3,5-6,8-9,17H,4,7,10,16H2. The first-order chi connectivity index (χ1) is 9.84. The predicted octanol–water partition coefficient (Wildman–Crippen LogP) is 2.85. The molecule has 0 bridgehead atoms. The van der Waals surface area contributed by atoms with Crippen LogP contribution in [0.1, 0.15) is 12.0 Å². The minimum Gasteiger partial charge on any atom is -0.397 e. The third-order valence-corrected chi connectivity index (χ3v) is 3.25. The van der Waals surface area contributed by atoms with E-state index in [9.17, 15) is 0 Å². The second-order valence-corrected chi connectivity index (χ2v) is 4.68. The Balaban J connectivity index is 1.60. The number of nitrogens with one attached hydrogen (secondary N) is 1. The van der Waals surface area contributed by atoms with Gasteiger partial charge in [0.2, 0.25) is 0 Å². The van der Waals surface area contributed by atoms with E-state index in [2.05, 4.69) is 39.9 Å². The molecule has 3 N–H and O–H groups in total. The lowest BCUT2D eigenvalue weighted by Gasteiger charge is -2.07. The third kappa shape index (κ3) is 2.56. The maximum Gasteiger partial charge on any atom is 0.160 e.